The van der Waals surface area contributed by atoms with Crippen molar-refractivity contribution < 1.29 is 13.2 Å². The van der Waals surface area contributed by atoms with E-state index in [-0.39, 0.29) is 23.5 Å². The van der Waals surface area contributed by atoms with Crippen LogP contribution in [0.1, 0.15) is 29.3 Å². The molecule has 1 aliphatic heterocycles. The number of hydrogen-bond acceptors (Lipinski definition) is 5. The van der Waals surface area contributed by atoms with Crippen molar-refractivity contribution in [3.8, 4) is 0 Å². The van der Waals surface area contributed by atoms with Crippen LogP contribution in [0.15, 0.2) is 42.6 Å². The molecule has 6 nitrogen and oxygen atoms in total. The van der Waals surface area contributed by atoms with Gasteiger partial charge in [-0.25, -0.2) is 13.4 Å². The van der Waals surface area contributed by atoms with Gasteiger partial charge in [0.15, 0.2) is 9.84 Å². The Kier molecular flexibility index (Phi) is 5.27. The Morgan fingerprint density at radius 3 is 2.50 bits per heavy atom. The molecule has 1 aromatic heterocycles. The maximum absolute atomic E-state index is 12.8. The molecule has 0 saturated carbocycles. The highest BCUT2D eigenvalue weighted by Crippen LogP contribution is 2.21. The summed E-state index contributed by atoms with van der Waals surface area (Å²) in [4.78, 5) is 18.7. The van der Waals surface area contributed by atoms with Gasteiger partial charge < -0.3 is 10.2 Å². The Balaban J connectivity index is 1.70. The number of carbonyl (C=O) groups excluding carboxylic acids is 1. The molecule has 1 atom stereocenters. The van der Waals surface area contributed by atoms with Crippen molar-refractivity contribution in [2.24, 2.45) is 0 Å². The van der Waals surface area contributed by atoms with Gasteiger partial charge in [0.2, 0.25) is 0 Å². The van der Waals surface area contributed by atoms with Gasteiger partial charge >= 0.3 is 0 Å². The number of pyridine rings is 1. The number of amides is 1. The lowest BCUT2D eigenvalue weighted by molar-refractivity contribution is 0.0708. The minimum Gasteiger partial charge on any atom is -0.340 e. The number of anilines is 2. The fraction of sp³-hybridized carbons (Fsp3) is 0.368. The van der Waals surface area contributed by atoms with Crippen LogP contribution in [0, 0.1) is 6.92 Å². The third-order valence-electron chi connectivity index (χ3n) is 4.59. The van der Waals surface area contributed by atoms with E-state index in [1.165, 1.54) is 11.8 Å². The maximum atomic E-state index is 12.8. The number of rotatable bonds is 5. The predicted molar refractivity (Wildman–Crippen MR) is 102 cm³/mol. The van der Waals surface area contributed by atoms with Gasteiger partial charge in [-0.1, -0.05) is 17.7 Å². The lowest BCUT2D eigenvalue weighted by Gasteiger charge is -2.26. The standard InChI is InChI=1S/C19H23N3O3S/c1-3-22(17-10-11-26(24,25)13-17)19(23)15-6-9-18(20-12-15)21-16-7-4-14(2)5-8-16/h4-9,12,17H,3,10-11,13H2,1-2H3,(H,20,21). The molecule has 0 radical (unpaired) electrons. The molecule has 2 aromatic rings. The minimum absolute atomic E-state index is 0.0487. The minimum atomic E-state index is -3.03. The van der Waals surface area contributed by atoms with E-state index >= 15 is 0 Å². The second-order valence-electron chi connectivity index (χ2n) is 6.57. The lowest BCUT2D eigenvalue weighted by atomic mass is 10.1. The number of carbonyl (C=O) groups is 1. The number of nitrogens with zero attached hydrogens (tertiary/aromatic N) is 2. The molecule has 3 rings (SSSR count). The van der Waals surface area contributed by atoms with E-state index in [0.717, 1.165) is 5.69 Å². The number of aryl methyl sites for hydroxylation is 1. The Labute approximate surface area is 154 Å². The fourth-order valence-corrected chi connectivity index (χ4v) is 4.86. The summed E-state index contributed by atoms with van der Waals surface area (Å²) in [5, 5.41) is 3.19. The molecule has 138 valence electrons. The molecule has 1 aromatic carbocycles. The number of aromatic nitrogens is 1. The normalized spacial score (nSPS) is 18.5. The van der Waals surface area contributed by atoms with E-state index in [4.69, 9.17) is 0 Å². The topological polar surface area (TPSA) is 79.4 Å². The highest BCUT2D eigenvalue weighted by atomic mass is 32.2. The van der Waals surface area contributed by atoms with Gasteiger partial charge in [-0.15, -0.1) is 0 Å². The number of benzene rings is 1. The van der Waals surface area contributed by atoms with E-state index in [9.17, 15) is 13.2 Å². The van der Waals surface area contributed by atoms with Crippen molar-refractivity contribution in [3.05, 3.63) is 53.7 Å². The van der Waals surface area contributed by atoms with E-state index in [2.05, 4.69) is 10.3 Å². The molecule has 1 saturated heterocycles. The first-order chi connectivity index (χ1) is 12.4. The summed E-state index contributed by atoms with van der Waals surface area (Å²) < 4.78 is 23.4. The Morgan fingerprint density at radius 2 is 1.96 bits per heavy atom. The summed E-state index contributed by atoms with van der Waals surface area (Å²) in [5.74, 6) is 0.674. The summed E-state index contributed by atoms with van der Waals surface area (Å²) in [6, 6.07) is 11.2. The van der Waals surface area contributed by atoms with Gasteiger partial charge in [-0.05, 0) is 44.5 Å². The van der Waals surface area contributed by atoms with Crippen LogP contribution in [-0.2, 0) is 9.84 Å². The first kappa shape index (κ1) is 18.4. The van der Waals surface area contributed by atoms with Crippen LogP contribution in [0.3, 0.4) is 0 Å². The Morgan fingerprint density at radius 1 is 1.23 bits per heavy atom. The SMILES string of the molecule is CCN(C(=O)c1ccc(Nc2ccc(C)cc2)nc1)C1CCS(=O)(=O)C1. The van der Waals surface area contributed by atoms with Gasteiger partial charge in [-0.3, -0.25) is 4.79 Å². The highest BCUT2D eigenvalue weighted by molar-refractivity contribution is 7.91. The molecular formula is C19H23N3O3S. The van der Waals surface area contributed by atoms with Gasteiger partial charge in [0.05, 0.1) is 17.1 Å². The molecule has 1 amide bonds. The fourth-order valence-electron chi connectivity index (χ4n) is 3.13. The van der Waals surface area contributed by atoms with Crippen molar-refractivity contribution in [1.82, 2.24) is 9.88 Å². The van der Waals surface area contributed by atoms with Crippen LogP contribution >= 0.6 is 0 Å². The Hall–Kier alpha value is -2.41. The van der Waals surface area contributed by atoms with Crippen LogP contribution in [-0.4, -0.2) is 48.3 Å². The molecule has 0 bridgehead atoms. The average molecular weight is 373 g/mol. The number of sulfone groups is 1. The molecule has 1 unspecified atom stereocenters. The molecule has 2 heterocycles. The second kappa shape index (κ2) is 7.45. The van der Waals surface area contributed by atoms with E-state index in [0.29, 0.717) is 24.3 Å². The van der Waals surface area contributed by atoms with Gasteiger partial charge in [0.1, 0.15) is 5.82 Å². The molecule has 0 spiro atoms. The maximum Gasteiger partial charge on any atom is 0.255 e. The zero-order valence-electron chi connectivity index (χ0n) is 15.0. The van der Waals surface area contributed by atoms with Gasteiger partial charge in [0.25, 0.3) is 5.91 Å². The van der Waals surface area contributed by atoms with E-state index < -0.39 is 9.84 Å². The van der Waals surface area contributed by atoms with Crippen LogP contribution in [0.25, 0.3) is 0 Å². The summed E-state index contributed by atoms with van der Waals surface area (Å²) in [6.45, 7) is 4.36. The monoisotopic (exact) mass is 373 g/mol. The van der Waals surface area contributed by atoms with Crippen molar-refractivity contribution in [1.29, 1.82) is 0 Å². The molecule has 1 aliphatic rings. The lowest BCUT2D eigenvalue weighted by Crippen LogP contribution is -2.41. The van der Waals surface area contributed by atoms with Crippen molar-refractivity contribution >= 4 is 27.2 Å². The summed E-state index contributed by atoms with van der Waals surface area (Å²) in [7, 11) is -3.03. The molecule has 1 fully saturated rings. The first-order valence-corrected chi connectivity index (χ1v) is 10.5. The van der Waals surface area contributed by atoms with E-state index in [1.807, 2.05) is 38.1 Å². The first-order valence-electron chi connectivity index (χ1n) is 8.69. The third kappa shape index (κ3) is 4.22. The molecule has 26 heavy (non-hydrogen) atoms. The van der Waals surface area contributed by atoms with E-state index in [1.54, 1.807) is 17.0 Å². The van der Waals surface area contributed by atoms with Gasteiger partial charge in [-0.2, -0.15) is 0 Å². The van der Waals surface area contributed by atoms with Crippen molar-refractivity contribution in [3.63, 3.8) is 0 Å². The van der Waals surface area contributed by atoms with Gasteiger partial charge in [0, 0.05) is 24.5 Å². The quantitative estimate of drug-likeness (QED) is 0.872. The van der Waals surface area contributed by atoms with Crippen LogP contribution in [0.5, 0.6) is 0 Å². The average Bonchev–Trinajstić information content (AvgIpc) is 2.98. The number of hydrogen-bond donors (Lipinski definition) is 1. The third-order valence-corrected chi connectivity index (χ3v) is 6.34. The zero-order chi connectivity index (χ0) is 18.7. The van der Waals surface area contributed by atoms with Crippen LogP contribution in [0.4, 0.5) is 11.5 Å². The molecular weight excluding hydrogens is 350 g/mol. The summed E-state index contributed by atoms with van der Waals surface area (Å²) in [6.07, 6.45) is 2.04. The summed E-state index contributed by atoms with van der Waals surface area (Å²) >= 11 is 0. The second-order valence-corrected chi connectivity index (χ2v) is 8.80. The van der Waals surface area contributed by atoms with Crippen LogP contribution in [0.2, 0.25) is 0 Å². The molecule has 7 heteroatoms. The molecule has 1 N–H and O–H groups in total. The largest absolute Gasteiger partial charge is 0.340 e. The van der Waals surface area contributed by atoms with Crippen molar-refractivity contribution in [2.75, 3.05) is 23.4 Å². The zero-order valence-corrected chi connectivity index (χ0v) is 15.8. The Bertz CT molecular complexity index is 877. The smallest absolute Gasteiger partial charge is 0.255 e. The summed E-state index contributed by atoms with van der Waals surface area (Å²) in [5.41, 5.74) is 2.57. The number of nitrogens with one attached hydrogen (secondary N) is 1. The molecule has 0 aliphatic carbocycles. The van der Waals surface area contributed by atoms with Crippen molar-refractivity contribution in [2.45, 2.75) is 26.3 Å². The van der Waals surface area contributed by atoms with Crippen LogP contribution < -0.4 is 5.32 Å². The highest BCUT2D eigenvalue weighted by Gasteiger charge is 2.34. The predicted octanol–water partition coefficient (Wildman–Crippen LogP) is 2.78.